The van der Waals surface area contributed by atoms with Gasteiger partial charge in [-0.05, 0) is 85.3 Å². The molecule has 2 heterocycles. The van der Waals surface area contributed by atoms with Gasteiger partial charge < -0.3 is 39.0 Å². The number of phenolic OH excluding ortho intramolecular Hbond substituents is 1. The molecule has 274 valence electrons. The summed E-state index contributed by atoms with van der Waals surface area (Å²) in [5, 5.41) is 14.5. The molecule has 1 unspecified atom stereocenters. The second-order valence-corrected chi connectivity index (χ2v) is 15.0. The normalized spacial score (nSPS) is 15.2. The fourth-order valence-electron chi connectivity index (χ4n) is 5.78. The van der Waals surface area contributed by atoms with Crippen LogP contribution in [0.2, 0.25) is 5.02 Å². The molecule has 2 atom stereocenters. The molecule has 2 N–H and O–H groups in total. The van der Waals surface area contributed by atoms with Crippen molar-refractivity contribution in [2.45, 2.75) is 52.6 Å². The van der Waals surface area contributed by atoms with Crippen LogP contribution in [0.3, 0.4) is 0 Å². The number of likely N-dealkylation sites (tertiary alicyclic amines) is 1. The molecule has 51 heavy (non-hydrogen) atoms. The summed E-state index contributed by atoms with van der Waals surface area (Å²) >= 11 is 7.66. The van der Waals surface area contributed by atoms with E-state index in [-0.39, 0.29) is 36.8 Å². The van der Waals surface area contributed by atoms with Gasteiger partial charge in [-0.15, -0.1) is 11.3 Å². The third kappa shape index (κ3) is 10.8. The fourth-order valence-corrected chi connectivity index (χ4v) is 7.07. The van der Waals surface area contributed by atoms with Crippen LogP contribution in [0.15, 0.2) is 66.7 Å². The maximum atomic E-state index is 13.1. The third-order valence-corrected chi connectivity index (χ3v) is 9.94. The van der Waals surface area contributed by atoms with Gasteiger partial charge in [-0.2, -0.15) is 0 Å². The van der Waals surface area contributed by atoms with E-state index in [1.165, 1.54) is 0 Å². The predicted molar refractivity (Wildman–Crippen MR) is 200 cm³/mol. The van der Waals surface area contributed by atoms with Gasteiger partial charge in [0, 0.05) is 27.7 Å². The quantitative estimate of drug-likeness (QED) is 0.106. The number of carbonyl (C=O) groups is 2. The number of aromatic hydroxyl groups is 1. The van der Waals surface area contributed by atoms with Crippen LogP contribution in [0.5, 0.6) is 23.0 Å². The van der Waals surface area contributed by atoms with Crippen LogP contribution in [0.25, 0.3) is 20.5 Å². The molecule has 3 aromatic carbocycles. The van der Waals surface area contributed by atoms with Gasteiger partial charge in [-0.25, -0.2) is 0 Å². The molecule has 1 aliphatic rings. The zero-order valence-electron chi connectivity index (χ0n) is 29.6. The van der Waals surface area contributed by atoms with E-state index in [1.54, 1.807) is 23.5 Å². The highest BCUT2D eigenvalue weighted by atomic mass is 35.5. The number of amides is 2. The van der Waals surface area contributed by atoms with E-state index in [1.807, 2.05) is 87.2 Å². The van der Waals surface area contributed by atoms with Crippen molar-refractivity contribution in [1.82, 2.24) is 10.2 Å². The minimum atomic E-state index is -0.607. The Hall–Kier alpha value is -3.87. The van der Waals surface area contributed by atoms with Crippen molar-refractivity contribution in [2.24, 2.45) is 5.41 Å². The molecule has 0 radical (unpaired) electrons. The predicted octanol–water partition coefficient (Wildman–Crippen LogP) is 7.69. The lowest BCUT2D eigenvalue weighted by atomic mass is 9.85. The number of ether oxygens (including phenoxy) is 5. The average Bonchev–Trinajstić information content (AvgIpc) is 3.69. The molecule has 1 saturated heterocycles. The van der Waals surface area contributed by atoms with Crippen LogP contribution in [0, 0.1) is 5.41 Å². The molecule has 0 aliphatic carbocycles. The number of thiophene rings is 1. The van der Waals surface area contributed by atoms with Gasteiger partial charge in [0.25, 0.3) is 0 Å². The van der Waals surface area contributed by atoms with Crippen LogP contribution in [0.4, 0.5) is 0 Å². The summed E-state index contributed by atoms with van der Waals surface area (Å²) in [7, 11) is 0. The summed E-state index contributed by atoms with van der Waals surface area (Å²) in [4.78, 5) is 28.5. The second kappa shape index (κ2) is 18.1. The lowest BCUT2D eigenvalue weighted by Gasteiger charge is -2.35. The first kappa shape index (κ1) is 38.4. The van der Waals surface area contributed by atoms with Gasteiger partial charge in [0.15, 0.2) is 5.75 Å². The number of carbonyl (C=O) groups excluding carboxylic acids is 2. The highest BCUT2D eigenvalue weighted by Crippen LogP contribution is 2.47. The van der Waals surface area contributed by atoms with Crippen LogP contribution in [-0.4, -0.2) is 86.7 Å². The zero-order valence-corrected chi connectivity index (χ0v) is 31.2. The maximum Gasteiger partial charge on any atom is 0.246 e. The minimum Gasteiger partial charge on any atom is -0.508 e. The topological polar surface area (TPSA) is 116 Å². The molecule has 5 rings (SSSR count). The number of nitrogens with one attached hydrogen (secondary N) is 1. The van der Waals surface area contributed by atoms with Crippen molar-refractivity contribution >= 4 is 44.8 Å². The first-order chi connectivity index (χ1) is 24.5. The van der Waals surface area contributed by atoms with Crippen LogP contribution in [-0.2, 0) is 23.8 Å². The third-order valence-electron chi connectivity index (χ3n) is 8.51. The first-order valence-corrected chi connectivity index (χ1v) is 18.4. The lowest BCUT2D eigenvalue weighted by molar-refractivity contribution is -0.141. The summed E-state index contributed by atoms with van der Waals surface area (Å²) < 4.78 is 29.8. The highest BCUT2D eigenvalue weighted by molar-refractivity contribution is 7.22. The molecule has 0 saturated carbocycles. The summed E-state index contributed by atoms with van der Waals surface area (Å²) in [6, 6.07) is 19.8. The summed E-state index contributed by atoms with van der Waals surface area (Å²) in [5.74, 6) is 1.90. The minimum absolute atomic E-state index is 0.0332. The summed E-state index contributed by atoms with van der Waals surface area (Å²) in [6.07, 6.45) is 1.98. The monoisotopic (exact) mass is 738 g/mol. The van der Waals surface area contributed by atoms with Crippen LogP contribution < -0.4 is 14.8 Å². The summed E-state index contributed by atoms with van der Waals surface area (Å²) in [5.41, 5.74) is 0.557. The number of benzene rings is 3. The van der Waals surface area contributed by atoms with Gasteiger partial charge in [0.05, 0.1) is 37.9 Å². The Balaban J connectivity index is 0.959. The fraction of sp³-hybridized carbons (Fsp3) is 0.436. The Morgan fingerprint density at radius 2 is 1.57 bits per heavy atom. The number of nitrogens with zero attached hydrogens (tertiary/aromatic N) is 1. The van der Waals surface area contributed by atoms with Gasteiger partial charge in [0.2, 0.25) is 11.8 Å². The number of hydrogen-bond acceptors (Lipinski definition) is 9. The molecule has 0 spiro atoms. The van der Waals surface area contributed by atoms with E-state index in [9.17, 15) is 14.7 Å². The van der Waals surface area contributed by atoms with Crippen molar-refractivity contribution in [2.75, 3.05) is 52.8 Å². The highest BCUT2D eigenvalue weighted by Gasteiger charge is 2.38. The van der Waals surface area contributed by atoms with Gasteiger partial charge in [-0.1, -0.05) is 44.5 Å². The molecular formula is C39H47ClN2O8S. The number of rotatable bonds is 17. The zero-order chi connectivity index (χ0) is 36.4. The molecular weight excluding hydrogens is 692 g/mol. The smallest absolute Gasteiger partial charge is 0.246 e. The molecule has 1 fully saturated rings. The Kier molecular flexibility index (Phi) is 13.6. The number of hydrogen-bond donors (Lipinski definition) is 2. The van der Waals surface area contributed by atoms with Crippen molar-refractivity contribution < 1.29 is 38.4 Å². The number of phenols is 1. The Labute approximate surface area is 308 Å². The Morgan fingerprint density at radius 1 is 0.922 bits per heavy atom. The molecule has 1 aromatic heterocycles. The van der Waals surface area contributed by atoms with Gasteiger partial charge >= 0.3 is 0 Å². The maximum absolute atomic E-state index is 13.1. The van der Waals surface area contributed by atoms with Crippen molar-refractivity contribution in [3.05, 3.63) is 71.8 Å². The van der Waals surface area contributed by atoms with Gasteiger partial charge in [0.1, 0.15) is 36.5 Å². The van der Waals surface area contributed by atoms with Crippen molar-refractivity contribution in [1.29, 1.82) is 0 Å². The Morgan fingerprint density at radius 3 is 2.22 bits per heavy atom. The van der Waals surface area contributed by atoms with Crippen LogP contribution in [0.1, 0.15) is 40.5 Å². The Bertz CT molecular complexity index is 1740. The lowest BCUT2D eigenvalue weighted by Crippen LogP contribution is -2.56. The molecule has 1 aliphatic heterocycles. The first-order valence-electron chi connectivity index (χ1n) is 17.2. The number of fused-ring (bicyclic) bond motifs is 1. The van der Waals surface area contributed by atoms with E-state index in [0.29, 0.717) is 55.3 Å². The van der Waals surface area contributed by atoms with E-state index >= 15 is 0 Å². The van der Waals surface area contributed by atoms with Crippen molar-refractivity contribution in [3.8, 4) is 33.4 Å². The number of halogens is 1. The average molecular weight is 739 g/mol. The second-order valence-electron chi connectivity index (χ2n) is 13.5. The van der Waals surface area contributed by atoms with E-state index < -0.39 is 11.5 Å². The molecule has 12 heteroatoms. The molecule has 4 aromatic rings. The largest absolute Gasteiger partial charge is 0.508 e. The SMILES string of the molecule is C[C@@H]1CCCN1C(=O)C(NC(=O)COCCOCCOCCOc1ccc(Oc2c(-c3ccc(Cl)cc3)sc3cc(O)ccc23)cc1)C(C)(C)C. The summed E-state index contributed by atoms with van der Waals surface area (Å²) in [6.45, 7) is 10.6. The van der Waals surface area contributed by atoms with E-state index in [2.05, 4.69) is 5.32 Å². The van der Waals surface area contributed by atoms with E-state index in [0.717, 1.165) is 39.9 Å². The molecule has 0 bridgehead atoms. The van der Waals surface area contributed by atoms with E-state index in [4.69, 9.17) is 35.3 Å². The van der Waals surface area contributed by atoms with Crippen molar-refractivity contribution in [3.63, 3.8) is 0 Å². The standard InChI is InChI=1S/C39H47ClN2O8S/c1-26-6-5-17-42(26)38(45)37(39(2,3)4)41-34(44)25-48-21-20-46-18-19-47-22-23-49-30-12-14-31(15-13-30)50-35-32-16-11-29(43)24-33(32)51-36(35)27-7-9-28(40)10-8-27/h7-16,24,26,37,43H,5-6,17-23,25H2,1-4H3,(H,41,44)/t26-,37?/m1/s1. The molecule has 2 amide bonds. The van der Waals surface area contributed by atoms with Gasteiger partial charge in [-0.3, -0.25) is 9.59 Å². The molecule has 10 nitrogen and oxygen atoms in total. The van der Waals surface area contributed by atoms with Crippen LogP contribution >= 0.6 is 22.9 Å².